The van der Waals surface area contributed by atoms with Crippen molar-refractivity contribution in [3.8, 4) is 0 Å². The van der Waals surface area contributed by atoms with Gasteiger partial charge in [-0.2, -0.15) is 0 Å². The van der Waals surface area contributed by atoms with Gasteiger partial charge in [-0.1, -0.05) is 42.5 Å². The van der Waals surface area contributed by atoms with E-state index in [4.69, 9.17) is 10.2 Å². The van der Waals surface area contributed by atoms with E-state index >= 15 is 0 Å². The molecule has 0 unspecified atom stereocenters. The Bertz CT molecular complexity index is 1010. The van der Waals surface area contributed by atoms with Gasteiger partial charge in [0.2, 0.25) is 11.8 Å². The van der Waals surface area contributed by atoms with E-state index in [-0.39, 0.29) is 30.5 Å². The number of carbonyl (C=O) groups excluding carboxylic acids is 3. The van der Waals surface area contributed by atoms with Crippen LogP contribution < -0.4 is 16.0 Å². The van der Waals surface area contributed by atoms with Gasteiger partial charge in [-0.05, 0) is 36.1 Å². The molecule has 0 aliphatic heterocycles. The Hall–Kier alpha value is -4.21. The molecule has 0 aliphatic rings. The van der Waals surface area contributed by atoms with E-state index in [9.17, 15) is 24.0 Å². The highest BCUT2D eigenvalue weighted by atomic mass is 16.4. The van der Waals surface area contributed by atoms with Gasteiger partial charge in [0.15, 0.2) is 0 Å². The average Bonchev–Trinajstić information content (AvgIpc) is 2.81. The fourth-order valence-electron chi connectivity index (χ4n) is 3.02. The Morgan fingerprint density at radius 2 is 1.47 bits per heavy atom. The molecule has 180 valence electrons. The highest BCUT2D eigenvalue weighted by molar-refractivity contribution is 5.97. The lowest BCUT2D eigenvalue weighted by Gasteiger charge is -2.12. The predicted molar refractivity (Wildman–Crippen MR) is 122 cm³/mol. The van der Waals surface area contributed by atoms with Gasteiger partial charge >= 0.3 is 11.9 Å². The summed E-state index contributed by atoms with van der Waals surface area (Å²) in [5, 5.41) is 25.1. The van der Waals surface area contributed by atoms with Crippen LogP contribution in [0.2, 0.25) is 0 Å². The number of benzene rings is 2. The van der Waals surface area contributed by atoms with Crippen molar-refractivity contribution < 1.29 is 34.2 Å². The highest BCUT2D eigenvalue weighted by Crippen LogP contribution is 2.06. The first kappa shape index (κ1) is 26.0. The molecule has 0 radical (unpaired) electrons. The van der Waals surface area contributed by atoms with Crippen molar-refractivity contribution >= 4 is 29.7 Å². The smallest absolute Gasteiger partial charge is 0.326 e. The van der Waals surface area contributed by atoms with Crippen LogP contribution >= 0.6 is 0 Å². The van der Waals surface area contributed by atoms with Crippen LogP contribution in [-0.2, 0) is 32.1 Å². The van der Waals surface area contributed by atoms with E-state index in [1.165, 1.54) is 12.1 Å². The molecule has 0 aromatic heterocycles. The number of amides is 3. The number of hydrogen-bond donors (Lipinski definition) is 5. The van der Waals surface area contributed by atoms with Crippen molar-refractivity contribution in [2.24, 2.45) is 0 Å². The number of nitrogens with one attached hydrogen (secondary N) is 3. The Morgan fingerprint density at radius 1 is 0.794 bits per heavy atom. The minimum atomic E-state index is -1.54. The fraction of sp³-hybridized carbons (Fsp3) is 0.292. The Morgan fingerprint density at radius 3 is 2.09 bits per heavy atom. The molecule has 0 fully saturated rings. The topological polar surface area (TPSA) is 162 Å². The van der Waals surface area contributed by atoms with Crippen LogP contribution in [-0.4, -0.2) is 52.5 Å². The lowest BCUT2D eigenvalue weighted by Crippen LogP contribution is -2.42. The number of aryl methyl sites for hydroxylation is 1. The van der Waals surface area contributed by atoms with Gasteiger partial charge in [-0.3, -0.25) is 19.2 Å². The second kappa shape index (κ2) is 13.4. The number of rotatable bonds is 13. The first-order valence-electron chi connectivity index (χ1n) is 10.7. The zero-order chi connectivity index (χ0) is 24.9. The number of hydrogen-bond acceptors (Lipinski definition) is 5. The van der Waals surface area contributed by atoms with Gasteiger partial charge in [-0.15, -0.1) is 0 Å². The van der Waals surface area contributed by atoms with E-state index in [1.807, 2.05) is 30.3 Å². The molecule has 1 atom stereocenters. The molecule has 3 amide bonds. The van der Waals surface area contributed by atoms with Gasteiger partial charge in [0.1, 0.15) is 6.04 Å². The standard InChI is InChI=1S/C24H27N3O7/c28-20(8-4-7-16-5-2-1-3-6-16)26-15-21(29)25-14-17-9-11-18(12-10-17)23(32)27-19(24(33)34)13-22(30)31/h1-3,5-6,9-12,19H,4,7-8,13-15H2,(H,25,29)(H,26,28)(H,27,32)(H,30,31)(H,33,34)/t19-/m0/s1. The van der Waals surface area contributed by atoms with E-state index in [0.717, 1.165) is 12.0 Å². The van der Waals surface area contributed by atoms with Crippen LogP contribution in [0.3, 0.4) is 0 Å². The monoisotopic (exact) mass is 469 g/mol. The van der Waals surface area contributed by atoms with E-state index < -0.39 is 30.3 Å². The predicted octanol–water partition coefficient (Wildman–Crippen LogP) is 1.10. The van der Waals surface area contributed by atoms with Crippen molar-refractivity contribution in [1.29, 1.82) is 0 Å². The van der Waals surface area contributed by atoms with E-state index in [1.54, 1.807) is 12.1 Å². The van der Waals surface area contributed by atoms with Crippen molar-refractivity contribution in [2.75, 3.05) is 6.54 Å². The van der Waals surface area contributed by atoms with Gasteiger partial charge in [0.25, 0.3) is 5.91 Å². The molecule has 10 nitrogen and oxygen atoms in total. The zero-order valence-corrected chi connectivity index (χ0v) is 18.5. The second-order valence-electron chi connectivity index (χ2n) is 7.55. The Balaban J connectivity index is 1.70. The summed E-state index contributed by atoms with van der Waals surface area (Å²) in [7, 11) is 0. The summed E-state index contributed by atoms with van der Waals surface area (Å²) in [4.78, 5) is 57.8. The summed E-state index contributed by atoms with van der Waals surface area (Å²) in [6.45, 7) is 0.0200. The molecule has 0 saturated heterocycles. The molecule has 0 bridgehead atoms. The summed E-state index contributed by atoms with van der Waals surface area (Å²) in [5.74, 6) is -4.08. The third-order valence-electron chi connectivity index (χ3n) is 4.85. The maximum atomic E-state index is 12.1. The van der Waals surface area contributed by atoms with Crippen LogP contribution in [0.4, 0.5) is 0 Å². The maximum Gasteiger partial charge on any atom is 0.326 e. The van der Waals surface area contributed by atoms with Crippen molar-refractivity contribution in [3.05, 3.63) is 71.3 Å². The molecule has 2 rings (SSSR count). The lowest BCUT2D eigenvalue weighted by molar-refractivity contribution is -0.145. The van der Waals surface area contributed by atoms with E-state index in [2.05, 4.69) is 16.0 Å². The molecule has 0 heterocycles. The largest absolute Gasteiger partial charge is 0.481 e. The third kappa shape index (κ3) is 9.51. The molecule has 10 heteroatoms. The number of carboxylic acid groups (broad SMARTS) is 2. The number of aliphatic carboxylic acids is 2. The van der Waals surface area contributed by atoms with Gasteiger partial charge in [0.05, 0.1) is 13.0 Å². The lowest BCUT2D eigenvalue weighted by atomic mass is 10.1. The van der Waals surface area contributed by atoms with Gasteiger partial charge in [0, 0.05) is 18.5 Å². The van der Waals surface area contributed by atoms with Crippen LogP contribution in [0.1, 0.15) is 40.7 Å². The Labute approximate surface area is 196 Å². The third-order valence-corrected chi connectivity index (χ3v) is 4.85. The summed E-state index contributed by atoms with van der Waals surface area (Å²) in [6, 6.07) is 14.3. The highest BCUT2D eigenvalue weighted by Gasteiger charge is 2.23. The summed E-state index contributed by atoms with van der Waals surface area (Å²) in [6.07, 6.45) is 1.04. The Kier molecular flexibility index (Phi) is 10.2. The van der Waals surface area contributed by atoms with Crippen molar-refractivity contribution in [1.82, 2.24) is 16.0 Å². The first-order chi connectivity index (χ1) is 16.2. The minimum Gasteiger partial charge on any atom is -0.481 e. The van der Waals surface area contributed by atoms with Crippen LogP contribution in [0.15, 0.2) is 54.6 Å². The van der Waals surface area contributed by atoms with Crippen LogP contribution in [0.5, 0.6) is 0 Å². The molecule has 5 N–H and O–H groups in total. The summed E-state index contributed by atoms with van der Waals surface area (Å²) in [5.41, 5.74) is 1.98. The molecular formula is C24H27N3O7. The fourth-order valence-corrected chi connectivity index (χ4v) is 3.02. The van der Waals surface area contributed by atoms with Gasteiger partial charge < -0.3 is 26.2 Å². The molecule has 0 aliphatic carbocycles. The molecule has 0 spiro atoms. The maximum absolute atomic E-state index is 12.1. The number of carbonyl (C=O) groups is 5. The minimum absolute atomic E-state index is 0.148. The molecule has 34 heavy (non-hydrogen) atoms. The summed E-state index contributed by atoms with van der Waals surface area (Å²) < 4.78 is 0. The second-order valence-corrected chi connectivity index (χ2v) is 7.55. The molecular weight excluding hydrogens is 442 g/mol. The van der Waals surface area contributed by atoms with E-state index in [0.29, 0.717) is 18.4 Å². The normalized spacial score (nSPS) is 11.2. The molecule has 2 aromatic rings. The van der Waals surface area contributed by atoms with Crippen molar-refractivity contribution in [2.45, 2.75) is 38.3 Å². The molecule has 0 saturated carbocycles. The quantitative estimate of drug-likeness (QED) is 0.293. The zero-order valence-electron chi connectivity index (χ0n) is 18.5. The van der Waals surface area contributed by atoms with Crippen LogP contribution in [0, 0.1) is 0 Å². The van der Waals surface area contributed by atoms with Gasteiger partial charge in [-0.25, -0.2) is 4.79 Å². The molecule has 2 aromatic carbocycles. The summed E-state index contributed by atoms with van der Waals surface area (Å²) >= 11 is 0. The SMILES string of the molecule is O=C(O)C[C@H](NC(=O)c1ccc(CNC(=O)CNC(=O)CCCc2ccccc2)cc1)C(=O)O. The first-order valence-corrected chi connectivity index (χ1v) is 10.7. The average molecular weight is 469 g/mol. The van der Waals surface area contributed by atoms with Crippen LogP contribution in [0.25, 0.3) is 0 Å². The van der Waals surface area contributed by atoms with Crippen molar-refractivity contribution in [3.63, 3.8) is 0 Å². The number of carboxylic acids is 2.